The molecule has 0 N–H and O–H groups in total. The van der Waals surface area contributed by atoms with Gasteiger partial charge in [0, 0.05) is 39.4 Å². The minimum Gasteiger partial charge on any atom is -0.423 e. The molecule has 21 heavy (non-hydrogen) atoms. The van der Waals surface area contributed by atoms with Gasteiger partial charge in [-0.25, -0.2) is 4.39 Å². The maximum Gasteiger partial charge on any atom is 0.298 e. The SMILES string of the molecule is CO[C@H]1C[C@@H](CN(C)c2nc3cc(F)ccc3o2)N(C)C1. The number of halogens is 1. The van der Waals surface area contributed by atoms with E-state index in [2.05, 4.69) is 16.9 Å². The fourth-order valence-electron chi connectivity index (χ4n) is 2.86. The van der Waals surface area contributed by atoms with Crippen LogP contribution in [-0.4, -0.2) is 56.3 Å². The molecule has 0 unspecified atom stereocenters. The summed E-state index contributed by atoms with van der Waals surface area (Å²) in [6, 6.07) is 5.29. The van der Waals surface area contributed by atoms with Crippen molar-refractivity contribution in [1.82, 2.24) is 9.88 Å². The number of hydrogen-bond acceptors (Lipinski definition) is 5. The van der Waals surface area contributed by atoms with E-state index in [1.165, 1.54) is 12.1 Å². The highest BCUT2D eigenvalue weighted by molar-refractivity contribution is 5.74. The Hall–Kier alpha value is -1.66. The lowest BCUT2D eigenvalue weighted by molar-refractivity contribution is 0.111. The number of ether oxygens (including phenoxy) is 1. The molecule has 0 amide bonds. The van der Waals surface area contributed by atoms with E-state index in [4.69, 9.17) is 9.15 Å². The van der Waals surface area contributed by atoms with Crippen molar-refractivity contribution >= 4 is 17.1 Å². The summed E-state index contributed by atoms with van der Waals surface area (Å²) in [6.07, 6.45) is 1.28. The van der Waals surface area contributed by atoms with Gasteiger partial charge in [-0.2, -0.15) is 4.98 Å². The lowest BCUT2D eigenvalue weighted by Crippen LogP contribution is -2.36. The highest BCUT2D eigenvalue weighted by Gasteiger charge is 2.30. The fourth-order valence-corrected chi connectivity index (χ4v) is 2.86. The van der Waals surface area contributed by atoms with Crippen LogP contribution in [-0.2, 0) is 4.74 Å². The van der Waals surface area contributed by atoms with Crippen LogP contribution in [0.15, 0.2) is 22.6 Å². The van der Waals surface area contributed by atoms with Crippen molar-refractivity contribution < 1.29 is 13.5 Å². The third kappa shape index (κ3) is 2.87. The highest BCUT2D eigenvalue weighted by atomic mass is 19.1. The van der Waals surface area contributed by atoms with Crippen molar-refractivity contribution in [2.75, 3.05) is 39.2 Å². The zero-order valence-electron chi connectivity index (χ0n) is 12.5. The van der Waals surface area contributed by atoms with Gasteiger partial charge in [0.2, 0.25) is 0 Å². The summed E-state index contributed by atoms with van der Waals surface area (Å²) in [7, 11) is 5.79. The number of hydrogen-bond donors (Lipinski definition) is 0. The summed E-state index contributed by atoms with van der Waals surface area (Å²) in [6.45, 7) is 1.74. The Morgan fingerprint density at radius 3 is 3.05 bits per heavy atom. The van der Waals surface area contributed by atoms with Crippen LogP contribution in [0.4, 0.5) is 10.4 Å². The van der Waals surface area contributed by atoms with Crippen LogP contribution in [0, 0.1) is 5.82 Å². The van der Waals surface area contributed by atoms with Gasteiger partial charge in [0.1, 0.15) is 11.3 Å². The van der Waals surface area contributed by atoms with Crippen molar-refractivity contribution in [2.45, 2.75) is 18.6 Å². The van der Waals surface area contributed by atoms with Crippen molar-refractivity contribution in [3.8, 4) is 0 Å². The molecule has 0 radical (unpaired) electrons. The van der Waals surface area contributed by atoms with E-state index in [0.717, 1.165) is 19.5 Å². The molecule has 1 aliphatic rings. The molecule has 1 aromatic carbocycles. The first-order valence-corrected chi connectivity index (χ1v) is 7.07. The molecule has 114 valence electrons. The molecule has 0 aliphatic carbocycles. The molecular formula is C15H20FN3O2. The quantitative estimate of drug-likeness (QED) is 0.864. The zero-order valence-corrected chi connectivity index (χ0v) is 12.5. The molecule has 6 heteroatoms. The summed E-state index contributed by atoms with van der Waals surface area (Å²) >= 11 is 0. The summed E-state index contributed by atoms with van der Waals surface area (Å²) in [4.78, 5) is 8.60. The van der Waals surface area contributed by atoms with Gasteiger partial charge in [0.25, 0.3) is 6.01 Å². The molecule has 0 bridgehead atoms. The Morgan fingerprint density at radius 2 is 2.33 bits per heavy atom. The standard InChI is InChI=1S/C15H20FN3O2/c1-18-9-12(20-3)7-11(18)8-19(2)15-17-13-6-10(16)4-5-14(13)21-15/h4-6,11-12H,7-9H2,1-3H3/t11-,12-/m0/s1. The Morgan fingerprint density at radius 1 is 1.52 bits per heavy atom. The second-order valence-corrected chi connectivity index (χ2v) is 5.68. The molecular weight excluding hydrogens is 273 g/mol. The fraction of sp³-hybridized carbons (Fsp3) is 0.533. The van der Waals surface area contributed by atoms with Gasteiger partial charge < -0.3 is 14.1 Å². The van der Waals surface area contributed by atoms with Gasteiger partial charge in [0.05, 0.1) is 6.10 Å². The van der Waals surface area contributed by atoms with E-state index < -0.39 is 0 Å². The first-order chi connectivity index (χ1) is 10.1. The lowest BCUT2D eigenvalue weighted by Gasteiger charge is -2.24. The number of benzene rings is 1. The van der Waals surface area contributed by atoms with Crippen LogP contribution in [0.1, 0.15) is 6.42 Å². The van der Waals surface area contributed by atoms with Gasteiger partial charge in [-0.3, -0.25) is 4.90 Å². The normalized spacial score (nSPS) is 23.0. The van der Waals surface area contributed by atoms with Crippen LogP contribution in [0.3, 0.4) is 0 Å². The molecule has 2 heterocycles. The maximum absolute atomic E-state index is 13.2. The van der Waals surface area contributed by atoms with E-state index >= 15 is 0 Å². The topological polar surface area (TPSA) is 41.7 Å². The number of anilines is 1. The Balaban J connectivity index is 1.73. The minimum atomic E-state index is -0.302. The molecule has 1 saturated heterocycles. The Kier molecular flexibility index (Phi) is 3.82. The maximum atomic E-state index is 13.2. The van der Waals surface area contributed by atoms with E-state index in [-0.39, 0.29) is 11.9 Å². The van der Waals surface area contributed by atoms with E-state index in [1.807, 2.05) is 11.9 Å². The number of aromatic nitrogens is 1. The average molecular weight is 293 g/mol. The summed E-state index contributed by atoms with van der Waals surface area (Å²) < 4.78 is 24.3. The largest absolute Gasteiger partial charge is 0.423 e. The van der Waals surface area contributed by atoms with E-state index in [1.54, 1.807) is 13.2 Å². The third-order valence-corrected chi connectivity index (χ3v) is 4.13. The van der Waals surface area contributed by atoms with Gasteiger partial charge in [-0.05, 0) is 25.6 Å². The van der Waals surface area contributed by atoms with Gasteiger partial charge >= 0.3 is 0 Å². The first kappa shape index (κ1) is 14.3. The van der Waals surface area contributed by atoms with Crippen molar-refractivity contribution in [2.24, 2.45) is 0 Å². The molecule has 2 atom stereocenters. The second-order valence-electron chi connectivity index (χ2n) is 5.68. The molecule has 3 rings (SSSR count). The second kappa shape index (κ2) is 5.61. The van der Waals surface area contributed by atoms with Crippen LogP contribution in [0.5, 0.6) is 0 Å². The summed E-state index contributed by atoms with van der Waals surface area (Å²) in [5.74, 6) is -0.302. The average Bonchev–Trinajstić information content (AvgIpc) is 3.02. The zero-order chi connectivity index (χ0) is 15.0. The molecule has 1 aliphatic heterocycles. The smallest absolute Gasteiger partial charge is 0.298 e. The van der Waals surface area contributed by atoms with Gasteiger partial charge in [-0.1, -0.05) is 0 Å². The molecule has 0 spiro atoms. The van der Waals surface area contributed by atoms with Gasteiger partial charge in [0.15, 0.2) is 5.58 Å². The predicted octanol–water partition coefficient (Wildman–Crippen LogP) is 2.12. The van der Waals surface area contributed by atoms with E-state index in [0.29, 0.717) is 23.2 Å². The molecule has 1 fully saturated rings. The van der Waals surface area contributed by atoms with Crippen molar-refractivity contribution in [3.05, 3.63) is 24.0 Å². The number of likely N-dealkylation sites (tertiary alicyclic amines) is 1. The lowest BCUT2D eigenvalue weighted by atomic mass is 10.2. The molecule has 1 aromatic heterocycles. The summed E-state index contributed by atoms with van der Waals surface area (Å²) in [5, 5.41) is 0. The predicted molar refractivity (Wildman–Crippen MR) is 79.1 cm³/mol. The van der Waals surface area contributed by atoms with Crippen LogP contribution < -0.4 is 4.90 Å². The monoisotopic (exact) mass is 293 g/mol. The highest BCUT2D eigenvalue weighted by Crippen LogP contribution is 2.24. The number of likely N-dealkylation sites (N-methyl/N-ethyl adjacent to an activating group) is 2. The molecule has 0 saturated carbocycles. The van der Waals surface area contributed by atoms with Crippen molar-refractivity contribution in [3.63, 3.8) is 0 Å². The van der Waals surface area contributed by atoms with Gasteiger partial charge in [-0.15, -0.1) is 0 Å². The number of nitrogens with zero attached hydrogens (tertiary/aromatic N) is 3. The number of fused-ring (bicyclic) bond motifs is 1. The van der Waals surface area contributed by atoms with Crippen LogP contribution >= 0.6 is 0 Å². The third-order valence-electron chi connectivity index (χ3n) is 4.13. The number of rotatable bonds is 4. The molecule has 5 nitrogen and oxygen atoms in total. The number of oxazole rings is 1. The number of methoxy groups -OCH3 is 1. The van der Waals surface area contributed by atoms with Crippen LogP contribution in [0.2, 0.25) is 0 Å². The van der Waals surface area contributed by atoms with Crippen LogP contribution in [0.25, 0.3) is 11.1 Å². The Labute approximate surface area is 123 Å². The van der Waals surface area contributed by atoms with E-state index in [9.17, 15) is 4.39 Å². The van der Waals surface area contributed by atoms with Crippen molar-refractivity contribution in [1.29, 1.82) is 0 Å². The minimum absolute atomic E-state index is 0.283. The molecule has 2 aromatic rings. The summed E-state index contributed by atoms with van der Waals surface area (Å²) in [5.41, 5.74) is 1.15. The Bertz CT molecular complexity index is 630. The first-order valence-electron chi connectivity index (χ1n) is 7.07.